The second-order valence-corrected chi connectivity index (χ2v) is 6.06. The number of hydrogen-bond acceptors (Lipinski definition) is 0. The molecule has 2 heteroatoms. The van der Waals surface area contributed by atoms with Crippen molar-refractivity contribution in [3.63, 3.8) is 0 Å². The Kier molecular flexibility index (Phi) is 15.6. The Morgan fingerprint density at radius 2 is 1.11 bits per heavy atom. The van der Waals surface area contributed by atoms with Crippen LogP contribution in [0.1, 0.15) is 43.2 Å². The van der Waals surface area contributed by atoms with Gasteiger partial charge in [-0.1, -0.05) is 19.8 Å². The summed E-state index contributed by atoms with van der Waals surface area (Å²) in [6.45, 7) is 2.26. The Morgan fingerprint density at radius 3 is 1.37 bits per heavy atom. The van der Waals surface area contributed by atoms with Crippen molar-refractivity contribution in [2.45, 2.75) is 32.1 Å². The summed E-state index contributed by atoms with van der Waals surface area (Å²) in [5.74, 6) is 0.606. The van der Waals surface area contributed by atoms with E-state index in [2.05, 4.69) is 55.5 Å². The van der Waals surface area contributed by atoms with Crippen LogP contribution in [0.25, 0.3) is 0 Å². The zero-order chi connectivity index (χ0) is 17.6. The van der Waals surface area contributed by atoms with Gasteiger partial charge in [0.1, 0.15) is 0 Å². The van der Waals surface area contributed by atoms with Crippen molar-refractivity contribution in [1.29, 1.82) is 0 Å². The summed E-state index contributed by atoms with van der Waals surface area (Å²) in [6, 6.07) is 37.5. The van der Waals surface area contributed by atoms with Gasteiger partial charge in [-0.05, 0) is 12.3 Å². The van der Waals surface area contributed by atoms with E-state index in [9.17, 15) is 0 Å². The van der Waals surface area contributed by atoms with Gasteiger partial charge in [0, 0.05) is 0 Å². The molecule has 4 aromatic carbocycles. The van der Waals surface area contributed by atoms with E-state index in [0.29, 0.717) is 5.92 Å². The molecule has 0 amide bonds. The molecule has 0 aliphatic heterocycles. The molecular weight excluding hydrogens is 412 g/mol. The minimum atomic E-state index is 0. The molecule has 0 spiro atoms. The van der Waals surface area contributed by atoms with Gasteiger partial charge < -0.3 is 0 Å². The normalized spacial score (nSPS) is 9.11. The first-order valence-electron chi connectivity index (χ1n) is 9.18. The number of rotatable bonds is 5. The minimum absolute atomic E-state index is 0. The number of hydrogen-bond donors (Lipinski definition) is 0. The third-order valence-corrected chi connectivity index (χ3v) is 4.14. The molecule has 0 saturated carbocycles. The summed E-state index contributed by atoms with van der Waals surface area (Å²) < 4.78 is 0. The predicted octanol–water partition coefficient (Wildman–Crippen LogP) is 7.25. The average molecular weight is 440 g/mol. The molecule has 0 fully saturated rings. The Bertz CT molecular complexity index is 592. The summed E-state index contributed by atoms with van der Waals surface area (Å²) in [5.41, 5.74) is 2.93. The molecule has 0 aliphatic carbocycles. The topological polar surface area (TPSA) is 0 Å². The Hall–Kier alpha value is -1.56. The molecule has 4 aromatic rings. The first-order valence-corrected chi connectivity index (χ1v) is 9.18. The van der Waals surface area contributed by atoms with Gasteiger partial charge in [0.05, 0.1) is 0 Å². The zero-order valence-corrected chi connectivity index (χ0v) is 18.0. The second-order valence-electron chi connectivity index (χ2n) is 6.06. The van der Waals surface area contributed by atoms with E-state index in [4.69, 9.17) is 0 Å². The number of unbranched alkanes of at least 4 members (excludes halogenated alkanes) is 1. The Balaban J connectivity index is 0.000000465. The SMILES string of the molecule is CCCCC(c1ccc[cH-]1)c1ccc[cH-]1.[Fe+2].[Fe+2].c1cc[cH-]c1.c1cc[cH-]c1. The van der Waals surface area contributed by atoms with E-state index in [-0.39, 0.29) is 34.1 Å². The van der Waals surface area contributed by atoms with Gasteiger partial charge in [-0.25, -0.2) is 48.5 Å². The monoisotopic (exact) mass is 440 g/mol. The molecule has 0 unspecified atom stereocenters. The van der Waals surface area contributed by atoms with Crippen LogP contribution in [0, 0.1) is 0 Å². The fraction of sp³-hybridized carbons (Fsp3) is 0.200. The molecule has 0 saturated heterocycles. The average Bonchev–Trinajstić information content (AvgIpc) is 3.49. The van der Waals surface area contributed by atoms with E-state index in [1.54, 1.807) is 0 Å². The van der Waals surface area contributed by atoms with Crippen molar-refractivity contribution in [3.05, 3.63) is 120 Å². The summed E-state index contributed by atoms with van der Waals surface area (Å²) in [6.07, 6.45) is 3.85. The van der Waals surface area contributed by atoms with Gasteiger partial charge in [0.2, 0.25) is 0 Å². The smallest absolute Gasteiger partial charge is 0.214 e. The molecule has 0 radical (unpaired) electrons. The van der Waals surface area contributed by atoms with Gasteiger partial charge >= 0.3 is 34.1 Å². The molecule has 0 bridgehead atoms. The van der Waals surface area contributed by atoms with Gasteiger partial charge in [-0.15, -0.1) is 0 Å². The van der Waals surface area contributed by atoms with Crippen molar-refractivity contribution < 1.29 is 34.1 Å². The van der Waals surface area contributed by atoms with E-state index in [1.165, 1.54) is 30.4 Å². The Morgan fingerprint density at radius 1 is 0.667 bits per heavy atom. The van der Waals surface area contributed by atoms with Crippen molar-refractivity contribution in [1.82, 2.24) is 0 Å². The van der Waals surface area contributed by atoms with Crippen LogP contribution in [0.15, 0.2) is 109 Å². The molecular formula is C25H28Fe2. The predicted molar refractivity (Wildman–Crippen MR) is 110 cm³/mol. The van der Waals surface area contributed by atoms with E-state index >= 15 is 0 Å². The van der Waals surface area contributed by atoms with E-state index in [0.717, 1.165) is 0 Å². The maximum absolute atomic E-state index is 2.26. The van der Waals surface area contributed by atoms with Crippen LogP contribution in [0.3, 0.4) is 0 Å². The van der Waals surface area contributed by atoms with Gasteiger partial charge in [-0.2, -0.15) is 71.8 Å². The molecule has 0 aromatic heterocycles. The van der Waals surface area contributed by atoms with Crippen LogP contribution in [0.2, 0.25) is 0 Å². The summed E-state index contributed by atoms with van der Waals surface area (Å²) in [7, 11) is 0. The third-order valence-electron chi connectivity index (χ3n) is 4.14. The maximum atomic E-state index is 2.26. The van der Waals surface area contributed by atoms with E-state index < -0.39 is 0 Å². The standard InChI is InChI=1S/C15H18.2C5H5.2Fe/c1-2-3-12-15(13-8-4-5-9-13)14-10-6-7-11-14;2*1-2-4-5-3-1;;/h4-11,15H,2-3,12H2,1H3;2*1-5H;;/q-2;2*-1;2*+2. The quantitative estimate of drug-likeness (QED) is 0.227. The first kappa shape index (κ1) is 25.4. The summed E-state index contributed by atoms with van der Waals surface area (Å²) in [5, 5.41) is 0. The minimum Gasteiger partial charge on any atom is -0.214 e. The van der Waals surface area contributed by atoms with Crippen LogP contribution in [0.4, 0.5) is 0 Å². The van der Waals surface area contributed by atoms with Crippen molar-refractivity contribution in [3.8, 4) is 0 Å². The molecule has 0 nitrogen and oxygen atoms in total. The summed E-state index contributed by atoms with van der Waals surface area (Å²) >= 11 is 0. The van der Waals surface area contributed by atoms with Crippen LogP contribution < -0.4 is 0 Å². The van der Waals surface area contributed by atoms with Crippen LogP contribution >= 0.6 is 0 Å². The zero-order valence-electron chi connectivity index (χ0n) is 15.8. The van der Waals surface area contributed by atoms with E-state index in [1.807, 2.05) is 60.7 Å². The fourth-order valence-corrected chi connectivity index (χ4v) is 2.82. The Labute approximate surface area is 186 Å². The largest absolute Gasteiger partial charge is 2.00 e. The van der Waals surface area contributed by atoms with Crippen LogP contribution in [0.5, 0.6) is 0 Å². The first-order chi connectivity index (χ1) is 12.4. The van der Waals surface area contributed by atoms with Gasteiger partial charge in [0.25, 0.3) is 0 Å². The third kappa shape index (κ3) is 10.4. The molecule has 0 aliphatic rings. The molecule has 4 rings (SSSR count). The molecule has 27 heavy (non-hydrogen) atoms. The molecule has 0 atom stereocenters. The second kappa shape index (κ2) is 16.6. The summed E-state index contributed by atoms with van der Waals surface area (Å²) in [4.78, 5) is 0. The van der Waals surface area contributed by atoms with Gasteiger partial charge in [0.15, 0.2) is 0 Å². The van der Waals surface area contributed by atoms with Crippen LogP contribution in [-0.4, -0.2) is 0 Å². The van der Waals surface area contributed by atoms with Crippen molar-refractivity contribution in [2.75, 3.05) is 0 Å². The van der Waals surface area contributed by atoms with Crippen LogP contribution in [-0.2, 0) is 34.1 Å². The fourth-order valence-electron chi connectivity index (χ4n) is 2.82. The van der Waals surface area contributed by atoms with Gasteiger partial charge in [-0.3, -0.25) is 0 Å². The van der Waals surface area contributed by atoms with Crippen molar-refractivity contribution >= 4 is 0 Å². The van der Waals surface area contributed by atoms with Crippen molar-refractivity contribution in [2.24, 2.45) is 0 Å². The molecule has 144 valence electrons. The molecule has 0 heterocycles. The maximum Gasteiger partial charge on any atom is 2.00 e. The molecule has 0 N–H and O–H groups in total.